The number of hydrogen-bond acceptors (Lipinski definition) is 0. The second-order valence-corrected chi connectivity index (χ2v) is 4.02. The van der Waals surface area contributed by atoms with Crippen LogP contribution in [0.25, 0.3) is 0 Å². The first-order valence-corrected chi connectivity index (χ1v) is 5.43. The lowest BCUT2D eigenvalue weighted by molar-refractivity contribution is 0.549. The summed E-state index contributed by atoms with van der Waals surface area (Å²) in [5, 5.41) is 0. The molecule has 1 unspecified atom stereocenters. The van der Waals surface area contributed by atoms with E-state index >= 15 is 0 Å². The summed E-state index contributed by atoms with van der Waals surface area (Å²) in [6.45, 7) is 8.45. The highest BCUT2D eigenvalue weighted by molar-refractivity contribution is 5.17. The molecule has 0 heterocycles. The highest BCUT2D eigenvalue weighted by atomic mass is 14.1. The predicted molar refractivity (Wildman–Crippen MR) is 63.4 cm³/mol. The molecule has 0 fully saturated rings. The van der Waals surface area contributed by atoms with E-state index < -0.39 is 0 Å². The topological polar surface area (TPSA) is 0 Å². The number of benzene rings is 1. The lowest BCUT2D eigenvalue weighted by Crippen LogP contribution is -2.05. The maximum Gasteiger partial charge on any atom is -0.0168 e. The Morgan fingerprint density at radius 1 is 1.29 bits per heavy atom. The fourth-order valence-electron chi connectivity index (χ4n) is 1.77. The number of hydrogen-bond donors (Lipinski definition) is 0. The molecule has 0 bridgehead atoms. The average molecular weight is 188 g/mol. The molecule has 0 aliphatic heterocycles. The summed E-state index contributed by atoms with van der Waals surface area (Å²) < 4.78 is 0. The van der Waals surface area contributed by atoms with Crippen molar-refractivity contribution < 1.29 is 0 Å². The standard InChI is InChI=1S/C14H20/c1-4-8-14(12(2)3)11-13-9-6-5-7-10-13/h5-7,9-10,14H,2,4,8,11H2,1,3H3. The highest BCUT2D eigenvalue weighted by Gasteiger charge is 2.08. The van der Waals surface area contributed by atoms with Crippen LogP contribution in [0.1, 0.15) is 32.3 Å². The van der Waals surface area contributed by atoms with Crippen molar-refractivity contribution in [1.29, 1.82) is 0 Å². The van der Waals surface area contributed by atoms with E-state index in [4.69, 9.17) is 0 Å². The van der Waals surface area contributed by atoms with Gasteiger partial charge in [-0.1, -0.05) is 55.8 Å². The molecule has 0 N–H and O–H groups in total. The van der Waals surface area contributed by atoms with Gasteiger partial charge in [0.2, 0.25) is 0 Å². The lowest BCUT2D eigenvalue weighted by atomic mass is 9.90. The van der Waals surface area contributed by atoms with Crippen LogP contribution in [-0.4, -0.2) is 0 Å². The van der Waals surface area contributed by atoms with Crippen molar-refractivity contribution in [3.05, 3.63) is 48.0 Å². The summed E-state index contributed by atoms with van der Waals surface area (Å²) in [4.78, 5) is 0. The molecule has 0 heteroatoms. The minimum Gasteiger partial charge on any atom is -0.0998 e. The van der Waals surface area contributed by atoms with Gasteiger partial charge in [-0.05, 0) is 31.2 Å². The molecule has 1 rings (SSSR count). The zero-order chi connectivity index (χ0) is 10.4. The zero-order valence-electron chi connectivity index (χ0n) is 9.29. The largest absolute Gasteiger partial charge is 0.0998 e. The molecule has 0 saturated carbocycles. The summed E-state index contributed by atoms with van der Waals surface area (Å²) in [5.74, 6) is 0.655. The van der Waals surface area contributed by atoms with Crippen LogP contribution in [0.3, 0.4) is 0 Å². The first-order chi connectivity index (χ1) is 6.74. The Bertz CT molecular complexity index is 271. The molecule has 0 saturated heterocycles. The Hall–Kier alpha value is -1.04. The average Bonchev–Trinajstić information content (AvgIpc) is 2.18. The molecule has 1 aromatic carbocycles. The van der Waals surface area contributed by atoms with Gasteiger partial charge in [0.15, 0.2) is 0 Å². The Kier molecular flexibility index (Phi) is 4.45. The minimum atomic E-state index is 0.655. The Morgan fingerprint density at radius 2 is 1.93 bits per heavy atom. The third-order valence-corrected chi connectivity index (χ3v) is 2.66. The van der Waals surface area contributed by atoms with Gasteiger partial charge in [0.25, 0.3) is 0 Å². The molecule has 0 aliphatic carbocycles. The van der Waals surface area contributed by atoms with E-state index in [1.165, 1.54) is 24.0 Å². The summed E-state index contributed by atoms with van der Waals surface area (Å²) in [6, 6.07) is 10.7. The first kappa shape index (κ1) is 11.0. The van der Waals surface area contributed by atoms with Gasteiger partial charge >= 0.3 is 0 Å². The molecule has 1 aromatic rings. The van der Waals surface area contributed by atoms with Crippen LogP contribution >= 0.6 is 0 Å². The van der Waals surface area contributed by atoms with E-state index in [1.807, 2.05) is 0 Å². The van der Waals surface area contributed by atoms with Gasteiger partial charge in [-0.15, -0.1) is 0 Å². The number of allylic oxidation sites excluding steroid dienone is 1. The molecule has 0 aromatic heterocycles. The monoisotopic (exact) mass is 188 g/mol. The fraction of sp³-hybridized carbons (Fsp3) is 0.429. The van der Waals surface area contributed by atoms with Gasteiger partial charge < -0.3 is 0 Å². The van der Waals surface area contributed by atoms with Crippen molar-refractivity contribution in [2.75, 3.05) is 0 Å². The molecule has 1 atom stereocenters. The van der Waals surface area contributed by atoms with E-state index in [9.17, 15) is 0 Å². The molecule has 0 nitrogen and oxygen atoms in total. The molecule has 0 amide bonds. The quantitative estimate of drug-likeness (QED) is 0.607. The van der Waals surface area contributed by atoms with Crippen molar-refractivity contribution in [3.63, 3.8) is 0 Å². The van der Waals surface area contributed by atoms with Crippen LogP contribution in [0, 0.1) is 5.92 Å². The predicted octanol–water partition coefficient (Wildman–Crippen LogP) is 4.22. The minimum absolute atomic E-state index is 0.655. The third kappa shape index (κ3) is 3.37. The van der Waals surface area contributed by atoms with Crippen LogP contribution in [0.2, 0.25) is 0 Å². The van der Waals surface area contributed by atoms with Gasteiger partial charge in [-0.3, -0.25) is 0 Å². The normalized spacial score (nSPS) is 12.4. The fourth-order valence-corrected chi connectivity index (χ4v) is 1.77. The van der Waals surface area contributed by atoms with E-state index in [1.54, 1.807) is 0 Å². The molecule has 0 radical (unpaired) electrons. The van der Waals surface area contributed by atoms with Crippen LogP contribution in [0.15, 0.2) is 42.5 Å². The van der Waals surface area contributed by atoms with E-state index in [-0.39, 0.29) is 0 Å². The van der Waals surface area contributed by atoms with Gasteiger partial charge in [-0.2, -0.15) is 0 Å². The zero-order valence-corrected chi connectivity index (χ0v) is 9.29. The molecule has 0 aliphatic rings. The Morgan fingerprint density at radius 3 is 2.43 bits per heavy atom. The Labute approximate surface area is 87.7 Å². The van der Waals surface area contributed by atoms with Crippen molar-refractivity contribution in [3.8, 4) is 0 Å². The smallest absolute Gasteiger partial charge is 0.0168 e. The molecular formula is C14H20. The van der Waals surface area contributed by atoms with Gasteiger partial charge in [0.1, 0.15) is 0 Å². The highest BCUT2D eigenvalue weighted by Crippen LogP contribution is 2.20. The van der Waals surface area contributed by atoms with E-state index in [0.717, 1.165) is 6.42 Å². The molecular weight excluding hydrogens is 168 g/mol. The van der Waals surface area contributed by atoms with Crippen LogP contribution < -0.4 is 0 Å². The summed E-state index contributed by atoms with van der Waals surface area (Å²) in [5.41, 5.74) is 2.74. The van der Waals surface area contributed by atoms with Crippen molar-refractivity contribution >= 4 is 0 Å². The third-order valence-electron chi connectivity index (χ3n) is 2.66. The molecule has 76 valence electrons. The second kappa shape index (κ2) is 5.64. The van der Waals surface area contributed by atoms with Crippen molar-refractivity contribution in [2.24, 2.45) is 5.92 Å². The van der Waals surface area contributed by atoms with Crippen molar-refractivity contribution in [1.82, 2.24) is 0 Å². The van der Waals surface area contributed by atoms with E-state index in [0.29, 0.717) is 5.92 Å². The molecule has 14 heavy (non-hydrogen) atoms. The SMILES string of the molecule is C=C(C)C(CCC)Cc1ccccc1. The van der Waals surface area contributed by atoms with Gasteiger partial charge in [0.05, 0.1) is 0 Å². The summed E-state index contributed by atoms with van der Waals surface area (Å²) in [6.07, 6.45) is 3.64. The van der Waals surface area contributed by atoms with Crippen LogP contribution in [0.4, 0.5) is 0 Å². The maximum atomic E-state index is 4.07. The number of rotatable bonds is 5. The van der Waals surface area contributed by atoms with Gasteiger partial charge in [-0.25, -0.2) is 0 Å². The van der Waals surface area contributed by atoms with Crippen LogP contribution in [0.5, 0.6) is 0 Å². The maximum absolute atomic E-state index is 4.07. The molecule has 0 spiro atoms. The lowest BCUT2D eigenvalue weighted by Gasteiger charge is -2.15. The Balaban J connectivity index is 2.60. The summed E-state index contributed by atoms with van der Waals surface area (Å²) in [7, 11) is 0. The van der Waals surface area contributed by atoms with Crippen LogP contribution in [-0.2, 0) is 6.42 Å². The first-order valence-electron chi connectivity index (χ1n) is 5.43. The second-order valence-electron chi connectivity index (χ2n) is 4.02. The summed E-state index contributed by atoms with van der Waals surface area (Å²) >= 11 is 0. The van der Waals surface area contributed by atoms with Gasteiger partial charge in [0, 0.05) is 0 Å². The van der Waals surface area contributed by atoms with E-state index in [2.05, 4.69) is 50.8 Å². The van der Waals surface area contributed by atoms with Crippen molar-refractivity contribution in [2.45, 2.75) is 33.1 Å².